The molecule has 0 saturated carbocycles. The highest BCUT2D eigenvalue weighted by Gasteiger charge is 2.31. The number of nitrogens with zero attached hydrogens (tertiary/aromatic N) is 4. The summed E-state index contributed by atoms with van der Waals surface area (Å²) in [6, 6.07) is 20.7. The van der Waals surface area contributed by atoms with Gasteiger partial charge in [0.2, 0.25) is 0 Å². The molecule has 2 aliphatic heterocycles. The summed E-state index contributed by atoms with van der Waals surface area (Å²) in [6.07, 6.45) is 6.32. The average Bonchev–Trinajstić information content (AvgIpc) is 3.75. The summed E-state index contributed by atoms with van der Waals surface area (Å²) in [5, 5.41) is 16.6. The molecule has 1 amide bonds. The predicted molar refractivity (Wildman–Crippen MR) is 242 cm³/mol. The van der Waals surface area contributed by atoms with Crippen molar-refractivity contribution in [1.29, 1.82) is 0 Å². The molecule has 62 heavy (non-hydrogen) atoms. The van der Waals surface area contributed by atoms with Gasteiger partial charge in [0, 0.05) is 85.0 Å². The largest absolute Gasteiger partial charge is 0.377 e. The molecule has 1 unspecified atom stereocenters. The lowest BCUT2D eigenvalue weighted by molar-refractivity contribution is -0.384. The maximum absolute atomic E-state index is 14.1. The Hall–Kier alpha value is -5.58. The van der Waals surface area contributed by atoms with Crippen LogP contribution in [0, 0.1) is 15.5 Å². The molecule has 3 aliphatic rings. The van der Waals surface area contributed by atoms with E-state index in [1.54, 1.807) is 18.5 Å². The number of allylic oxidation sites excluding steroid dienone is 1. The van der Waals surface area contributed by atoms with Gasteiger partial charge in [-0.05, 0) is 102 Å². The number of nitrogens with one attached hydrogen (secondary N) is 3. The summed E-state index contributed by atoms with van der Waals surface area (Å²) >= 11 is 6.25. The normalized spacial score (nSPS) is 18.4. The zero-order valence-corrected chi connectivity index (χ0v) is 36.4. The summed E-state index contributed by atoms with van der Waals surface area (Å²) in [5.74, 6) is -0.909. The van der Waals surface area contributed by atoms with Crippen molar-refractivity contribution >= 4 is 66.8 Å². The van der Waals surface area contributed by atoms with E-state index in [9.17, 15) is 23.3 Å². The third-order valence-corrected chi connectivity index (χ3v) is 13.5. The number of fused-ring (bicyclic) bond motifs is 1. The van der Waals surface area contributed by atoms with Crippen LogP contribution in [-0.4, -0.2) is 99.3 Å². The molecule has 0 bridgehead atoms. The second kappa shape index (κ2) is 18.0. The van der Waals surface area contributed by atoms with Crippen LogP contribution in [0.5, 0.6) is 0 Å². The lowest BCUT2D eigenvalue weighted by Crippen LogP contribution is -2.47. The first kappa shape index (κ1) is 43.1. The highest BCUT2D eigenvalue weighted by Crippen LogP contribution is 2.43. The monoisotopic (exact) mass is 879 g/mol. The van der Waals surface area contributed by atoms with Crippen molar-refractivity contribution in [3.05, 3.63) is 135 Å². The molecular formula is C46H50ClN7O7S. The number of ether oxygens (including phenoxy) is 2. The van der Waals surface area contributed by atoms with Crippen LogP contribution in [0.2, 0.25) is 5.02 Å². The first-order valence-electron chi connectivity index (χ1n) is 20.7. The summed E-state index contributed by atoms with van der Waals surface area (Å²) in [6.45, 7) is 14.5. The number of anilines is 2. The molecule has 2 fully saturated rings. The number of H-pyrrole nitrogens is 1. The number of hydrogen-bond donors (Lipinski definition) is 3. The van der Waals surface area contributed by atoms with E-state index in [1.807, 2.05) is 36.4 Å². The smallest absolute Gasteiger partial charge is 0.293 e. The highest BCUT2D eigenvalue weighted by atomic mass is 35.5. The van der Waals surface area contributed by atoms with Crippen LogP contribution in [0.4, 0.5) is 17.1 Å². The Kier molecular flexibility index (Phi) is 12.5. The van der Waals surface area contributed by atoms with Crippen LogP contribution < -0.4 is 14.9 Å². The van der Waals surface area contributed by atoms with Crippen molar-refractivity contribution in [2.24, 2.45) is 5.41 Å². The number of halogens is 1. The number of benzene rings is 3. The minimum atomic E-state index is -4.57. The number of sulfonamides is 1. The fourth-order valence-corrected chi connectivity index (χ4v) is 9.54. The quantitative estimate of drug-likeness (QED) is 0.0775. The molecule has 1 atom stereocenters. The van der Waals surface area contributed by atoms with Crippen molar-refractivity contribution in [2.45, 2.75) is 44.1 Å². The van der Waals surface area contributed by atoms with Gasteiger partial charge in [-0.3, -0.25) is 19.8 Å². The number of hydrogen-bond acceptors (Lipinski definition) is 11. The Morgan fingerprint density at radius 3 is 2.56 bits per heavy atom. The van der Waals surface area contributed by atoms with Crippen LogP contribution in [0.3, 0.4) is 0 Å². The third-order valence-electron chi connectivity index (χ3n) is 12.0. The minimum Gasteiger partial charge on any atom is -0.377 e. The Balaban J connectivity index is 1.02. The van der Waals surface area contributed by atoms with Gasteiger partial charge in [-0.25, -0.2) is 18.1 Å². The number of nitro groups is 1. The van der Waals surface area contributed by atoms with E-state index in [0.29, 0.717) is 42.2 Å². The van der Waals surface area contributed by atoms with Gasteiger partial charge in [-0.1, -0.05) is 49.7 Å². The first-order valence-corrected chi connectivity index (χ1v) is 22.6. The van der Waals surface area contributed by atoms with Gasteiger partial charge >= 0.3 is 0 Å². The molecule has 0 spiro atoms. The van der Waals surface area contributed by atoms with E-state index in [0.717, 1.165) is 74.1 Å². The number of amides is 1. The first-order chi connectivity index (χ1) is 29.7. The van der Waals surface area contributed by atoms with Crippen LogP contribution >= 0.6 is 11.6 Å². The molecule has 0 radical (unpaired) electrons. The molecule has 2 aromatic heterocycles. The standard InChI is InChI=1S/C46H50ClN7O7S/c1-30(34-22-32-13-15-48-44(32)50-26-34)40-23-36(53-18-16-52(17-19-53)28-33-12-14-46(2,3)25-41(33)31-4-6-35(47)7-5-31)8-10-39(40)45(55)51-62(58,59)38-9-11-42(43(24-38)54(56)57)49-27-37-29-60-20-21-61-37/h4-11,13,15,22-24,26,37,49H,1,12,14,16-21,25,27-29H2,2-3H3,(H,48,50)(H,51,55). The fourth-order valence-electron chi connectivity index (χ4n) is 8.43. The SMILES string of the molecule is C=C(c1cnc2[nH]ccc2c1)c1cc(N2CCN(CC3=C(c4ccc(Cl)cc4)CC(C)(C)CC3)CC2)ccc1C(=O)NS(=O)(=O)c1ccc(NCC2COCCO2)c([N+](=O)[O-])c1. The Morgan fingerprint density at radius 2 is 1.82 bits per heavy atom. The molecular weight excluding hydrogens is 830 g/mol. The molecule has 3 aromatic carbocycles. The number of aromatic amines is 1. The van der Waals surface area contributed by atoms with Gasteiger partial charge in [0.25, 0.3) is 21.6 Å². The van der Waals surface area contributed by atoms with Gasteiger partial charge in [-0.2, -0.15) is 0 Å². The van der Waals surface area contributed by atoms with E-state index in [4.69, 9.17) is 21.1 Å². The maximum Gasteiger partial charge on any atom is 0.293 e. The van der Waals surface area contributed by atoms with Crippen LogP contribution in [0.25, 0.3) is 22.2 Å². The van der Waals surface area contributed by atoms with Crippen molar-refractivity contribution in [3.63, 3.8) is 0 Å². The number of aromatic nitrogens is 2. The molecule has 2 saturated heterocycles. The summed E-state index contributed by atoms with van der Waals surface area (Å²) in [7, 11) is -4.57. The van der Waals surface area contributed by atoms with Crippen molar-refractivity contribution in [2.75, 3.05) is 69.3 Å². The number of pyridine rings is 1. The number of piperazine rings is 1. The van der Waals surface area contributed by atoms with E-state index in [1.165, 1.54) is 28.8 Å². The molecule has 16 heteroatoms. The molecule has 3 N–H and O–H groups in total. The molecule has 5 aromatic rings. The van der Waals surface area contributed by atoms with Gasteiger partial charge in [0.05, 0.1) is 35.7 Å². The zero-order valence-electron chi connectivity index (χ0n) is 34.8. The summed E-state index contributed by atoms with van der Waals surface area (Å²) < 4.78 is 40.6. The van der Waals surface area contributed by atoms with Crippen molar-refractivity contribution in [3.8, 4) is 0 Å². The molecule has 324 valence electrons. The lowest BCUT2D eigenvalue weighted by atomic mass is 9.72. The number of rotatable bonds is 13. The summed E-state index contributed by atoms with van der Waals surface area (Å²) in [5.41, 5.74) is 7.16. The number of nitro benzene ring substituents is 1. The van der Waals surface area contributed by atoms with E-state index in [2.05, 4.69) is 62.4 Å². The molecule has 14 nitrogen and oxygen atoms in total. The zero-order chi connectivity index (χ0) is 43.6. The van der Waals surface area contributed by atoms with E-state index >= 15 is 0 Å². The fraction of sp³-hybridized carbons (Fsp3) is 0.348. The van der Waals surface area contributed by atoms with Gasteiger partial charge in [0.15, 0.2) is 0 Å². The number of carbonyl (C=O) groups excluding carboxylic acids is 1. The highest BCUT2D eigenvalue weighted by molar-refractivity contribution is 7.90. The molecule has 1 aliphatic carbocycles. The van der Waals surface area contributed by atoms with E-state index < -0.39 is 31.4 Å². The van der Waals surface area contributed by atoms with Crippen LogP contribution in [0.15, 0.2) is 102 Å². The van der Waals surface area contributed by atoms with Crippen LogP contribution in [0.1, 0.15) is 60.2 Å². The number of carbonyl (C=O) groups is 1. The Morgan fingerprint density at radius 1 is 1.03 bits per heavy atom. The Bertz CT molecular complexity index is 2650. The average molecular weight is 880 g/mol. The maximum atomic E-state index is 14.1. The van der Waals surface area contributed by atoms with Crippen molar-refractivity contribution < 1.29 is 27.6 Å². The summed E-state index contributed by atoms with van der Waals surface area (Å²) in [4.78, 5) is 37.4. The molecule has 8 rings (SSSR count). The predicted octanol–water partition coefficient (Wildman–Crippen LogP) is 7.92. The van der Waals surface area contributed by atoms with Gasteiger partial charge < -0.3 is 24.7 Å². The van der Waals surface area contributed by atoms with E-state index in [-0.39, 0.29) is 29.3 Å². The van der Waals surface area contributed by atoms with Gasteiger partial charge in [0.1, 0.15) is 11.3 Å². The lowest BCUT2D eigenvalue weighted by Gasteiger charge is -2.39. The molecule has 4 heterocycles. The second-order valence-electron chi connectivity index (χ2n) is 16.9. The minimum absolute atomic E-state index is 0.0690. The second-order valence-corrected chi connectivity index (χ2v) is 19.0. The van der Waals surface area contributed by atoms with Crippen LogP contribution in [-0.2, 0) is 19.5 Å². The Labute approximate surface area is 366 Å². The van der Waals surface area contributed by atoms with Gasteiger partial charge in [-0.15, -0.1) is 0 Å². The van der Waals surface area contributed by atoms with Crippen molar-refractivity contribution in [1.82, 2.24) is 19.6 Å². The topological polar surface area (TPSA) is 172 Å². The third kappa shape index (κ3) is 9.72.